The number of aromatic amines is 1. The minimum absolute atomic E-state index is 0.171. The molecule has 4 aromatic heterocycles. The number of hydrogen-bond acceptors (Lipinski definition) is 8. The number of nitrogens with zero attached hydrogens (tertiary/aromatic N) is 5. The molecule has 12 heteroatoms. The van der Waals surface area contributed by atoms with Gasteiger partial charge in [-0.05, 0) is 50.6 Å². The molecule has 0 radical (unpaired) electrons. The average Bonchev–Trinajstić information content (AvgIpc) is 3.59. The van der Waals surface area contributed by atoms with Crippen LogP contribution in [0.1, 0.15) is 23.2 Å². The average molecular weight is 571 g/mol. The minimum atomic E-state index is -1.31. The lowest BCUT2D eigenvalue weighted by molar-refractivity contribution is 0.0695. The third-order valence-electron chi connectivity index (χ3n) is 8.94. The number of benzene rings is 1. The van der Waals surface area contributed by atoms with Crippen LogP contribution in [0.2, 0.25) is 0 Å². The third kappa shape index (κ3) is 3.89. The SMILES string of the molecule is CNc1cc(F)cc2c1[nH]c1ncc(-c3cnc4c(c3)c(=O)c(C(=O)O)cn4NC)c(N3CC4[C@H](CCCN4C)C3)c12. The van der Waals surface area contributed by atoms with E-state index in [1.54, 1.807) is 32.6 Å². The molecule has 0 spiro atoms. The summed E-state index contributed by atoms with van der Waals surface area (Å²) in [6.07, 6.45) is 6.95. The molecule has 0 amide bonds. The number of hydrogen-bond donors (Lipinski definition) is 4. The van der Waals surface area contributed by atoms with Gasteiger partial charge in [0, 0.05) is 68.3 Å². The molecule has 0 bridgehead atoms. The first-order chi connectivity index (χ1) is 20.3. The molecule has 1 unspecified atom stereocenters. The van der Waals surface area contributed by atoms with Crippen molar-refractivity contribution in [2.45, 2.75) is 18.9 Å². The first-order valence-electron chi connectivity index (χ1n) is 14.0. The van der Waals surface area contributed by atoms with Crippen LogP contribution in [0.15, 0.2) is 41.6 Å². The van der Waals surface area contributed by atoms with E-state index >= 15 is 0 Å². The van der Waals surface area contributed by atoms with Crippen molar-refractivity contribution in [3.8, 4) is 11.1 Å². The van der Waals surface area contributed by atoms with Crippen molar-refractivity contribution in [3.05, 3.63) is 58.4 Å². The normalized spacial score (nSPS) is 19.1. The third-order valence-corrected chi connectivity index (χ3v) is 8.94. The van der Waals surface area contributed by atoms with E-state index in [0.717, 1.165) is 54.6 Å². The van der Waals surface area contributed by atoms with Crippen LogP contribution in [0.4, 0.5) is 15.8 Å². The van der Waals surface area contributed by atoms with Crippen LogP contribution in [-0.2, 0) is 0 Å². The van der Waals surface area contributed by atoms with Crippen molar-refractivity contribution in [2.24, 2.45) is 5.92 Å². The van der Waals surface area contributed by atoms with Gasteiger partial charge in [-0.15, -0.1) is 0 Å². The first-order valence-corrected chi connectivity index (χ1v) is 14.0. The van der Waals surface area contributed by atoms with Gasteiger partial charge in [0.1, 0.15) is 17.0 Å². The Kier molecular flexibility index (Phi) is 6.05. The second kappa shape index (κ2) is 9.69. The molecule has 4 N–H and O–H groups in total. The Morgan fingerprint density at radius 2 is 1.98 bits per heavy atom. The Bertz CT molecular complexity index is 1970. The van der Waals surface area contributed by atoms with Crippen LogP contribution in [0.5, 0.6) is 0 Å². The maximum absolute atomic E-state index is 14.9. The number of carboxylic acid groups (broad SMARTS) is 1. The Morgan fingerprint density at radius 1 is 1.14 bits per heavy atom. The van der Waals surface area contributed by atoms with Crippen molar-refractivity contribution in [1.29, 1.82) is 0 Å². The molecule has 2 fully saturated rings. The highest BCUT2D eigenvalue weighted by Crippen LogP contribution is 2.45. The summed E-state index contributed by atoms with van der Waals surface area (Å²) in [7, 11) is 5.55. The summed E-state index contributed by atoms with van der Waals surface area (Å²) in [6, 6.07) is 5.06. The van der Waals surface area contributed by atoms with E-state index in [1.807, 2.05) is 0 Å². The van der Waals surface area contributed by atoms with Gasteiger partial charge in [0.25, 0.3) is 0 Å². The summed E-state index contributed by atoms with van der Waals surface area (Å²) in [5.74, 6) is -1.18. The van der Waals surface area contributed by atoms with Crippen LogP contribution in [0, 0.1) is 11.7 Å². The predicted octanol–water partition coefficient (Wildman–Crippen LogP) is 3.68. The first kappa shape index (κ1) is 26.2. The smallest absolute Gasteiger partial charge is 0.341 e. The number of piperidine rings is 1. The van der Waals surface area contributed by atoms with Crippen molar-refractivity contribution in [2.75, 3.05) is 56.4 Å². The molecular weight excluding hydrogens is 539 g/mol. The zero-order chi connectivity index (χ0) is 29.3. The van der Waals surface area contributed by atoms with E-state index in [9.17, 15) is 19.1 Å². The highest BCUT2D eigenvalue weighted by atomic mass is 19.1. The number of nitrogens with one attached hydrogen (secondary N) is 3. The summed E-state index contributed by atoms with van der Waals surface area (Å²) < 4.78 is 16.3. The van der Waals surface area contributed by atoms with Gasteiger partial charge >= 0.3 is 5.97 Å². The molecule has 11 nitrogen and oxygen atoms in total. The van der Waals surface area contributed by atoms with Gasteiger partial charge in [0.05, 0.1) is 27.7 Å². The molecule has 42 heavy (non-hydrogen) atoms. The standard InChI is InChI=1S/C30H31FN8O3/c1-32-22-9-17(31)8-18-24-26(38-12-15-5-4-6-37(3)23(15)14-38)20(11-34-28(24)36-25(18)22)16-7-19-27(40)21(30(41)42)13-39(33-2)29(19)35-10-16/h7-11,13,15,23,32-33H,4-6,12,14H2,1-3H3,(H,34,36)(H,41,42)/t15-,23?/m1/s1. The van der Waals surface area contributed by atoms with E-state index in [-0.39, 0.29) is 16.8 Å². The summed E-state index contributed by atoms with van der Waals surface area (Å²) in [5.41, 5.74) is 6.50. The molecule has 2 atom stereocenters. The fourth-order valence-electron chi connectivity index (χ4n) is 6.91. The second-order valence-electron chi connectivity index (χ2n) is 11.2. The monoisotopic (exact) mass is 570 g/mol. The number of rotatable bonds is 5. The summed E-state index contributed by atoms with van der Waals surface area (Å²) in [4.78, 5) is 42.7. The van der Waals surface area contributed by atoms with Crippen molar-refractivity contribution in [1.82, 2.24) is 24.5 Å². The van der Waals surface area contributed by atoms with E-state index in [2.05, 4.69) is 37.6 Å². The van der Waals surface area contributed by atoms with Crippen LogP contribution in [0.3, 0.4) is 0 Å². The van der Waals surface area contributed by atoms with Gasteiger partial charge in [0.15, 0.2) is 5.65 Å². The largest absolute Gasteiger partial charge is 0.477 e. The van der Waals surface area contributed by atoms with Crippen LogP contribution in [0.25, 0.3) is 44.1 Å². The zero-order valence-electron chi connectivity index (χ0n) is 23.5. The molecule has 7 rings (SSSR count). The second-order valence-corrected chi connectivity index (χ2v) is 11.2. The number of aromatic nitrogens is 4. The molecule has 2 aliphatic heterocycles. The van der Waals surface area contributed by atoms with Crippen molar-refractivity contribution >= 4 is 50.3 Å². The number of likely N-dealkylation sites (N-methyl/N-ethyl adjacent to an activating group) is 1. The molecule has 0 aliphatic carbocycles. The molecule has 5 aromatic rings. The van der Waals surface area contributed by atoms with Gasteiger partial charge in [-0.1, -0.05) is 0 Å². The van der Waals surface area contributed by atoms with Gasteiger partial charge in [0.2, 0.25) is 5.43 Å². The highest BCUT2D eigenvalue weighted by molar-refractivity contribution is 6.18. The zero-order valence-corrected chi connectivity index (χ0v) is 23.5. The summed E-state index contributed by atoms with van der Waals surface area (Å²) >= 11 is 0. The van der Waals surface area contributed by atoms with Crippen LogP contribution < -0.4 is 21.1 Å². The number of carbonyl (C=O) groups is 1. The van der Waals surface area contributed by atoms with Gasteiger partial charge in [-0.25, -0.2) is 23.8 Å². The van der Waals surface area contributed by atoms with Gasteiger partial charge in [-0.2, -0.15) is 0 Å². The number of H-pyrrole nitrogens is 1. The number of likely N-dealkylation sites (tertiary alicyclic amines) is 1. The Hall–Kier alpha value is -4.71. The molecule has 1 aromatic carbocycles. The van der Waals surface area contributed by atoms with Crippen LogP contribution in [-0.4, -0.2) is 82.4 Å². The van der Waals surface area contributed by atoms with E-state index in [4.69, 9.17) is 4.98 Å². The number of halogens is 1. The lowest BCUT2D eigenvalue weighted by Gasteiger charge is -2.33. The minimum Gasteiger partial charge on any atom is -0.477 e. The number of pyridine rings is 3. The summed E-state index contributed by atoms with van der Waals surface area (Å²) in [5, 5.41) is 14.4. The Labute approximate surface area is 239 Å². The predicted molar refractivity (Wildman–Crippen MR) is 162 cm³/mol. The fourth-order valence-corrected chi connectivity index (χ4v) is 6.91. The number of anilines is 2. The number of fused-ring (bicyclic) bond motifs is 5. The molecular formula is C30H31FN8O3. The van der Waals surface area contributed by atoms with E-state index in [0.29, 0.717) is 39.9 Å². The molecule has 216 valence electrons. The van der Waals surface area contributed by atoms with Crippen molar-refractivity contribution < 1.29 is 14.3 Å². The van der Waals surface area contributed by atoms with Crippen molar-refractivity contribution in [3.63, 3.8) is 0 Å². The highest BCUT2D eigenvalue weighted by Gasteiger charge is 2.39. The molecule has 0 saturated carbocycles. The van der Waals surface area contributed by atoms with Crippen LogP contribution >= 0.6 is 0 Å². The lowest BCUT2D eigenvalue weighted by atomic mass is 9.93. The topological polar surface area (TPSA) is 131 Å². The maximum Gasteiger partial charge on any atom is 0.341 e. The Morgan fingerprint density at radius 3 is 2.71 bits per heavy atom. The number of carboxylic acids is 1. The van der Waals surface area contributed by atoms with E-state index < -0.39 is 11.4 Å². The molecule has 2 aliphatic rings. The number of aromatic carboxylic acids is 1. The maximum atomic E-state index is 14.9. The van der Waals surface area contributed by atoms with E-state index in [1.165, 1.54) is 23.0 Å². The fraction of sp³-hybridized carbons (Fsp3) is 0.333. The van der Waals surface area contributed by atoms with Gasteiger partial charge in [-0.3, -0.25) is 4.79 Å². The molecule has 2 saturated heterocycles. The summed E-state index contributed by atoms with van der Waals surface area (Å²) in [6.45, 7) is 2.68. The molecule has 6 heterocycles. The quantitative estimate of drug-likeness (QED) is 0.250. The lowest BCUT2D eigenvalue weighted by Crippen LogP contribution is -2.42. The Balaban J connectivity index is 1.52. The van der Waals surface area contributed by atoms with Gasteiger partial charge < -0.3 is 30.6 Å².